The monoisotopic (exact) mass is 362 g/mol. The topological polar surface area (TPSA) is 80.0 Å². The second kappa shape index (κ2) is 5.94. The Morgan fingerprint density at radius 1 is 1.11 bits per heavy atom. The number of benzene rings is 2. The van der Waals surface area contributed by atoms with Gasteiger partial charge in [0.1, 0.15) is 5.82 Å². The zero-order valence-corrected chi connectivity index (χ0v) is 14.2. The summed E-state index contributed by atoms with van der Waals surface area (Å²) in [6.45, 7) is 1.31. The van der Waals surface area contributed by atoms with Gasteiger partial charge in [0, 0.05) is 30.9 Å². The highest BCUT2D eigenvalue weighted by atomic mass is 19.1. The van der Waals surface area contributed by atoms with E-state index in [1.807, 2.05) is 18.3 Å². The van der Waals surface area contributed by atoms with Gasteiger partial charge < -0.3 is 9.88 Å². The first-order valence-corrected chi connectivity index (χ1v) is 8.55. The van der Waals surface area contributed by atoms with Crippen LogP contribution in [0.3, 0.4) is 0 Å². The quantitative estimate of drug-likeness (QED) is 0.515. The molecule has 0 saturated heterocycles. The molecule has 3 heterocycles. The first-order valence-electron chi connectivity index (χ1n) is 8.55. The van der Waals surface area contributed by atoms with E-state index < -0.39 is 11.5 Å². The van der Waals surface area contributed by atoms with Crippen molar-refractivity contribution in [2.75, 3.05) is 11.9 Å². The second-order valence-electron chi connectivity index (χ2n) is 6.28. The van der Waals surface area contributed by atoms with Crippen LogP contribution < -0.4 is 11.0 Å². The van der Waals surface area contributed by atoms with Gasteiger partial charge in [-0.25, -0.2) is 23.7 Å². The van der Waals surface area contributed by atoms with Crippen molar-refractivity contribution in [3.63, 3.8) is 0 Å². The van der Waals surface area contributed by atoms with Crippen LogP contribution in [0.4, 0.5) is 10.2 Å². The van der Waals surface area contributed by atoms with E-state index in [0.29, 0.717) is 29.0 Å². The average Bonchev–Trinajstić information content (AvgIpc) is 3.27. The van der Waals surface area contributed by atoms with Gasteiger partial charge in [0.25, 0.3) is 0 Å². The molecule has 0 unspecified atom stereocenters. The fourth-order valence-electron chi connectivity index (χ4n) is 3.37. The van der Waals surface area contributed by atoms with E-state index in [-0.39, 0.29) is 0 Å². The molecular formula is C19H15FN6O. The van der Waals surface area contributed by atoms with E-state index in [2.05, 4.69) is 43.3 Å². The van der Waals surface area contributed by atoms with Gasteiger partial charge in [-0.2, -0.15) is 0 Å². The Morgan fingerprint density at radius 3 is 2.93 bits per heavy atom. The molecule has 8 heteroatoms. The van der Waals surface area contributed by atoms with Gasteiger partial charge in [0.2, 0.25) is 5.65 Å². The van der Waals surface area contributed by atoms with Gasteiger partial charge in [-0.05, 0) is 29.7 Å². The number of hydrogen-bond donors (Lipinski definition) is 2. The second-order valence-corrected chi connectivity index (χ2v) is 6.28. The zero-order chi connectivity index (χ0) is 18.4. The molecule has 0 fully saturated rings. The third kappa shape index (κ3) is 2.53. The molecule has 0 spiro atoms. The van der Waals surface area contributed by atoms with E-state index in [9.17, 15) is 9.18 Å². The number of nitrogens with zero attached hydrogens (tertiary/aromatic N) is 4. The number of H-pyrrole nitrogens is 1. The molecule has 0 aliphatic heterocycles. The zero-order valence-electron chi connectivity index (χ0n) is 14.2. The Hall–Kier alpha value is -3.68. The summed E-state index contributed by atoms with van der Waals surface area (Å²) in [5.41, 5.74) is 1.97. The van der Waals surface area contributed by atoms with E-state index in [1.165, 1.54) is 21.9 Å². The minimum atomic E-state index is -0.432. The number of para-hydroxylation sites is 1. The molecule has 3 aromatic heterocycles. The maximum absolute atomic E-state index is 13.6. The summed E-state index contributed by atoms with van der Waals surface area (Å²) in [4.78, 5) is 16.6. The SMILES string of the molecule is O=c1[nH]nc2c(NCCn3ccc4ccccc43)nc3ccc(F)cc3n12. The largest absolute Gasteiger partial charge is 0.365 e. The van der Waals surface area contributed by atoms with Crippen molar-refractivity contribution < 1.29 is 4.39 Å². The number of halogens is 1. The summed E-state index contributed by atoms with van der Waals surface area (Å²) in [5.74, 6) is 0.0443. The van der Waals surface area contributed by atoms with Crippen LogP contribution in [0, 0.1) is 5.82 Å². The highest BCUT2D eigenvalue weighted by molar-refractivity contribution is 5.82. The normalized spacial score (nSPS) is 11.6. The van der Waals surface area contributed by atoms with Crippen molar-refractivity contribution in [2.24, 2.45) is 0 Å². The van der Waals surface area contributed by atoms with Gasteiger partial charge >= 0.3 is 5.69 Å². The van der Waals surface area contributed by atoms with Crippen molar-refractivity contribution in [1.82, 2.24) is 24.1 Å². The lowest BCUT2D eigenvalue weighted by molar-refractivity contribution is 0.629. The molecule has 0 radical (unpaired) electrons. The number of anilines is 1. The first kappa shape index (κ1) is 15.6. The Labute approximate surface area is 152 Å². The van der Waals surface area contributed by atoms with Crippen molar-refractivity contribution in [2.45, 2.75) is 6.54 Å². The number of aromatic nitrogens is 5. The highest BCUT2D eigenvalue weighted by Crippen LogP contribution is 2.20. The highest BCUT2D eigenvalue weighted by Gasteiger charge is 2.13. The summed E-state index contributed by atoms with van der Waals surface area (Å²) in [6, 6.07) is 14.4. The molecule has 0 saturated carbocycles. The Kier molecular flexibility index (Phi) is 3.43. The predicted molar refractivity (Wildman–Crippen MR) is 101 cm³/mol. The Morgan fingerprint density at radius 2 is 2.00 bits per heavy atom. The molecule has 5 aromatic rings. The molecule has 0 aliphatic rings. The maximum atomic E-state index is 13.6. The number of hydrogen-bond acceptors (Lipinski definition) is 4. The van der Waals surface area contributed by atoms with Crippen molar-refractivity contribution in [3.05, 3.63) is 71.0 Å². The molecule has 0 amide bonds. The predicted octanol–water partition coefficient (Wildman–Crippen LogP) is 2.78. The van der Waals surface area contributed by atoms with Crippen LogP contribution in [0.25, 0.3) is 27.6 Å². The smallest absolute Gasteiger partial charge is 0.348 e. The van der Waals surface area contributed by atoms with Gasteiger partial charge in [0.05, 0.1) is 11.0 Å². The summed E-state index contributed by atoms with van der Waals surface area (Å²) >= 11 is 0. The third-order valence-electron chi connectivity index (χ3n) is 4.62. The van der Waals surface area contributed by atoms with E-state index >= 15 is 0 Å². The van der Waals surface area contributed by atoms with E-state index in [1.54, 1.807) is 6.07 Å². The lowest BCUT2D eigenvalue weighted by Crippen LogP contribution is -2.15. The van der Waals surface area contributed by atoms with Crippen LogP contribution >= 0.6 is 0 Å². The van der Waals surface area contributed by atoms with E-state index in [4.69, 9.17) is 0 Å². The molecule has 2 N–H and O–H groups in total. The summed E-state index contributed by atoms with van der Waals surface area (Å²) in [7, 11) is 0. The van der Waals surface area contributed by atoms with Crippen LogP contribution in [0.15, 0.2) is 59.5 Å². The maximum Gasteiger partial charge on any atom is 0.348 e. The summed E-state index contributed by atoms with van der Waals surface area (Å²) in [5, 5.41) is 10.9. The standard InChI is InChI=1S/C19H15FN6O/c20-13-5-6-14-16(11-13)26-18(23-24-19(26)27)17(22-14)21-8-10-25-9-7-12-3-1-2-4-15(12)25/h1-7,9,11H,8,10H2,(H,21,22)(H,24,27). The lowest BCUT2D eigenvalue weighted by Gasteiger charge is -2.10. The lowest BCUT2D eigenvalue weighted by atomic mass is 10.2. The molecule has 27 heavy (non-hydrogen) atoms. The van der Waals surface area contributed by atoms with Crippen LogP contribution in [0.2, 0.25) is 0 Å². The van der Waals surface area contributed by atoms with Crippen LogP contribution in [0.1, 0.15) is 0 Å². The molecule has 134 valence electrons. The molecule has 7 nitrogen and oxygen atoms in total. The number of rotatable bonds is 4. The van der Waals surface area contributed by atoms with Crippen LogP contribution in [0.5, 0.6) is 0 Å². The van der Waals surface area contributed by atoms with Crippen molar-refractivity contribution in [3.8, 4) is 0 Å². The van der Waals surface area contributed by atoms with Gasteiger partial charge in [-0.3, -0.25) is 0 Å². The molecule has 0 aliphatic carbocycles. The molecule has 5 rings (SSSR count). The molecule has 0 bridgehead atoms. The number of aromatic amines is 1. The van der Waals surface area contributed by atoms with Gasteiger partial charge in [0.15, 0.2) is 5.82 Å². The molecular weight excluding hydrogens is 347 g/mol. The van der Waals surface area contributed by atoms with Crippen molar-refractivity contribution in [1.29, 1.82) is 0 Å². The fraction of sp³-hybridized carbons (Fsp3) is 0.105. The van der Waals surface area contributed by atoms with Crippen LogP contribution in [-0.4, -0.2) is 30.7 Å². The average molecular weight is 362 g/mol. The molecule has 0 atom stereocenters. The minimum Gasteiger partial charge on any atom is -0.365 e. The van der Waals surface area contributed by atoms with Gasteiger partial charge in [-0.1, -0.05) is 18.2 Å². The summed E-state index contributed by atoms with van der Waals surface area (Å²) in [6.07, 6.45) is 2.04. The van der Waals surface area contributed by atoms with Gasteiger partial charge in [-0.15, -0.1) is 5.10 Å². The molecule has 2 aromatic carbocycles. The van der Waals surface area contributed by atoms with Crippen molar-refractivity contribution >= 4 is 33.4 Å². The fourth-order valence-corrected chi connectivity index (χ4v) is 3.37. The number of nitrogens with one attached hydrogen (secondary N) is 2. The number of fused-ring (bicyclic) bond motifs is 4. The first-order chi connectivity index (χ1) is 13.2. The van der Waals surface area contributed by atoms with Crippen LogP contribution in [-0.2, 0) is 6.54 Å². The van der Waals surface area contributed by atoms with E-state index in [0.717, 1.165) is 12.1 Å². The third-order valence-corrected chi connectivity index (χ3v) is 4.62. The summed E-state index contributed by atoms with van der Waals surface area (Å²) < 4.78 is 17.1. The minimum absolute atomic E-state index is 0.343. The Balaban J connectivity index is 1.49. The Bertz CT molecular complexity index is 1350.